The highest BCUT2D eigenvalue weighted by atomic mass is 19.1. The lowest BCUT2D eigenvalue weighted by atomic mass is 9.82. The van der Waals surface area contributed by atoms with E-state index in [1.807, 2.05) is 6.92 Å². The summed E-state index contributed by atoms with van der Waals surface area (Å²) in [5.74, 6) is -1.30. The molecule has 2 aromatic heterocycles. The summed E-state index contributed by atoms with van der Waals surface area (Å²) in [5, 5.41) is 9.86. The molecule has 27 heavy (non-hydrogen) atoms. The van der Waals surface area contributed by atoms with Crippen molar-refractivity contribution in [1.29, 1.82) is 0 Å². The number of rotatable bonds is 3. The van der Waals surface area contributed by atoms with Gasteiger partial charge in [0.15, 0.2) is 5.76 Å². The van der Waals surface area contributed by atoms with E-state index in [4.69, 9.17) is 4.42 Å². The molecule has 0 fully saturated rings. The fourth-order valence-corrected chi connectivity index (χ4v) is 3.54. The summed E-state index contributed by atoms with van der Waals surface area (Å²) < 4.78 is 20.6. The van der Waals surface area contributed by atoms with E-state index in [-0.39, 0.29) is 5.76 Å². The summed E-state index contributed by atoms with van der Waals surface area (Å²) in [6, 6.07) is 8.16. The molecule has 2 atom stereocenters. The molecule has 0 saturated heterocycles. The molecule has 0 saturated carbocycles. The van der Waals surface area contributed by atoms with Crippen molar-refractivity contribution in [2.75, 3.05) is 5.32 Å². The Labute approximate surface area is 154 Å². The number of aromatic nitrogens is 2. The fourth-order valence-electron chi connectivity index (χ4n) is 3.54. The van der Waals surface area contributed by atoms with Crippen LogP contribution in [0.5, 0.6) is 0 Å². The minimum atomic E-state index is -0.945. The van der Waals surface area contributed by atoms with Gasteiger partial charge in [0, 0.05) is 18.5 Å². The quantitative estimate of drug-likeness (QED) is 0.743. The first kappa shape index (κ1) is 17.0. The summed E-state index contributed by atoms with van der Waals surface area (Å²) in [7, 11) is 1.72. The molecule has 3 heterocycles. The maximum atomic E-state index is 13.9. The first-order valence-electron chi connectivity index (χ1n) is 8.40. The molecular formula is C19H17FN4O3. The largest absolute Gasteiger partial charge is 0.459 e. The number of furan rings is 1. The van der Waals surface area contributed by atoms with Crippen molar-refractivity contribution in [2.45, 2.75) is 18.9 Å². The summed E-state index contributed by atoms with van der Waals surface area (Å²) in [6.07, 6.45) is 1.38. The number of carbonyl (C=O) groups is 2. The van der Waals surface area contributed by atoms with Crippen molar-refractivity contribution >= 4 is 17.6 Å². The zero-order valence-electron chi connectivity index (χ0n) is 14.7. The molecule has 3 aromatic rings. The topological polar surface area (TPSA) is 89.2 Å². The molecule has 0 unspecified atom stereocenters. The van der Waals surface area contributed by atoms with E-state index < -0.39 is 29.6 Å². The molecule has 1 aliphatic rings. The number of carbonyl (C=O) groups excluding carboxylic acids is 2. The number of fused-ring (bicyclic) bond motifs is 1. The van der Waals surface area contributed by atoms with E-state index in [1.165, 1.54) is 24.5 Å². The van der Waals surface area contributed by atoms with Gasteiger partial charge in [0.25, 0.3) is 5.91 Å². The Morgan fingerprint density at radius 1 is 1.33 bits per heavy atom. The monoisotopic (exact) mass is 368 g/mol. The number of benzene rings is 1. The van der Waals surface area contributed by atoms with Crippen LogP contribution < -0.4 is 10.6 Å². The van der Waals surface area contributed by atoms with Gasteiger partial charge in [0.2, 0.25) is 5.91 Å². The van der Waals surface area contributed by atoms with E-state index in [1.54, 1.807) is 29.9 Å². The molecule has 2 amide bonds. The average Bonchev–Trinajstić information content (AvgIpc) is 3.25. The standard InChI is InChI=1S/C19H17FN4O3/c1-10-14-15(11-5-3-6-12(20)9-11)16(19(26)22-17(14)24(2)23-10)21-18(25)13-7-4-8-27-13/h3-9,15-16H,1-2H3,(H,21,25)(H,22,26)/t15-,16-/m0/s1. The molecule has 7 nitrogen and oxygen atoms in total. The van der Waals surface area contributed by atoms with Crippen LogP contribution in [0.1, 0.15) is 33.3 Å². The lowest BCUT2D eigenvalue weighted by Gasteiger charge is -2.32. The van der Waals surface area contributed by atoms with Gasteiger partial charge >= 0.3 is 0 Å². The van der Waals surface area contributed by atoms with E-state index in [0.29, 0.717) is 17.1 Å². The highest BCUT2D eigenvalue weighted by molar-refractivity contribution is 6.03. The van der Waals surface area contributed by atoms with Crippen molar-refractivity contribution < 1.29 is 18.4 Å². The summed E-state index contributed by atoms with van der Waals surface area (Å²) in [4.78, 5) is 25.3. The molecule has 138 valence electrons. The van der Waals surface area contributed by atoms with Gasteiger partial charge in [0.05, 0.1) is 12.0 Å². The molecule has 0 radical (unpaired) electrons. The summed E-state index contributed by atoms with van der Waals surface area (Å²) in [5.41, 5.74) is 2.01. The molecule has 8 heteroatoms. The first-order valence-corrected chi connectivity index (χ1v) is 8.40. The average molecular weight is 368 g/mol. The molecule has 0 aliphatic carbocycles. The van der Waals surface area contributed by atoms with Gasteiger partial charge in [-0.15, -0.1) is 0 Å². The molecule has 1 aliphatic heterocycles. The number of aryl methyl sites for hydroxylation is 2. The molecule has 1 aromatic carbocycles. The Bertz CT molecular complexity index is 1030. The molecule has 0 bridgehead atoms. The summed E-state index contributed by atoms with van der Waals surface area (Å²) in [6.45, 7) is 1.81. The number of hydrogen-bond acceptors (Lipinski definition) is 4. The van der Waals surface area contributed by atoms with Crippen LogP contribution in [0.4, 0.5) is 10.2 Å². The van der Waals surface area contributed by atoms with Crippen molar-refractivity contribution in [3.63, 3.8) is 0 Å². The molecule has 4 rings (SSSR count). The highest BCUT2D eigenvalue weighted by Crippen LogP contribution is 2.39. The number of nitrogens with zero attached hydrogens (tertiary/aromatic N) is 2. The van der Waals surface area contributed by atoms with Crippen molar-refractivity contribution in [1.82, 2.24) is 15.1 Å². The minimum Gasteiger partial charge on any atom is -0.459 e. The predicted octanol–water partition coefficient (Wildman–Crippen LogP) is 2.34. The van der Waals surface area contributed by atoms with Gasteiger partial charge in [-0.1, -0.05) is 12.1 Å². The number of amides is 2. The Balaban J connectivity index is 1.82. The van der Waals surface area contributed by atoms with Crippen LogP contribution in [-0.4, -0.2) is 27.6 Å². The second-order valence-electron chi connectivity index (χ2n) is 6.42. The Morgan fingerprint density at radius 3 is 2.85 bits per heavy atom. The van der Waals surface area contributed by atoms with Gasteiger partial charge in [-0.3, -0.25) is 14.3 Å². The van der Waals surface area contributed by atoms with E-state index in [0.717, 1.165) is 5.56 Å². The van der Waals surface area contributed by atoms with E-state index in [9.17, 15) is 14.0 Å². The number of halogens is 1. The third-order valence-corrected chi connectivity index (χ3v) is 4.68. The van der Waals surface area contributed by atoms with Gasteiger partial charge in [-0.25, -0.2) is 4.39 Å². The van der Waals surface area contributed by atoms with Gasteiger partial charge in [0.1, 0.15) is 17.7 Å². The highest BCUT2D eigenvalue weighted by Gasteiger charge is 2.41. The first-order chi connectivity index (χ1) is 13.0. The van der Waals surface area contributed by atoms with Crippen LogP contribution in [-0.2, 0) is 11.8 Å². The fraction of sp³-hybridized carbons (Fsp3) is 0.211. The van der Waals surface area contributed by atoms with Crippen LogP contribution in [0, 0.1) is 12.7 Å². The third-order valence-electron chi connectivity index (χ3n) is 4.68. The Kier molecular flexibility index (Phi) is 4.02. The van der Waals surface area contributed by atoms with Crippen LogP contribution in [0.2, 0.25) is 0 Å². The number of hydrogen-bond donors (Lipinski definition) is 2. The maximum absolute atomic E-state index is 13.9. The zero-order chi connectivity index (χ0) is 19.1. The normalized spacial score (nSPS) is 18.7. The summed E-state index contributed by atoms with van der Waals surface area (Å²) >= 11 is 0. The van der Waals surface area contributed by atoms with Crippen molar-refractivity contribution in [2.24, 2.45) is 7.05 Å². The molecule has 2 N–H and O–H groups in total. The van der Waals surface area contributed by atoms with E-state index >= 15 is 0 Å². The SMILES string of the molecule is Cc1nn(C)c2c1[C@H](c1cccc(F)c1)[C@H](NC(=O)c1ccco1)C(=O)N2. The predicted molar refractivity (Wildman–Crippen MR) is 94.8 cm³/mol. The minimum absolute atomic E-state index is 0.0921. The van der Waals surface area contributed by atoms with Crippen LogP contribution in [0.25, 0.3) is 0 Å². The smallest absolute Gasteiger partial charge is 0.287 e. The maximum Gasteiger partial charge on any atom is 0.287 e. The molecular weight excluding hydrogens is 351 g/mol. The Morgan fingerprint density at radius 2 is 2.15 bits per heavy atom. The third kappa shape index (κ3) is 2.88. The van der Waals surface area contributed by atoms with Crippen LogP contribution in [0.15, 0.2) is 47.1 Å². The second kappa shape index (κ2) is 6.39. The van der Waals surface area contributed by atoms with E-state index in [2.05, 4.69) is 15.7 Å². The Hall–Kier alpha value is -3.42. The number of nitrogens with one attached hydrogen (secondary N) is 2. The van der Waals surface area contributed by atoms with Crippen LogP contribution in [0.3, 0.4) is 0 Å². The van der Waals surface area contributed by atoms with Crippen molar-refractivity contribution in [3.8, 4) is 0 Å². The second-order valence-corrected chi connectivity index (χ2v) is 6.42. The van der Waals surface area contributed by atoms with Crippen molar-refractivity contribution in [3.05, 3.63) is 71.1 Å². The van der Waals surface area contributed by atoms with Gasteiger partial charge in [-0.2, -0.15) is 5.10 Å². The van der Waals surface area contributed by atoms with Gasteiger partial charge in [-0.05, 0) is 36.8 Å². The van der Waals surface area contributed by atoms with Crippen LogP contribution >= 0.6 is 0 Å². The zero-order valence-corrected chi connectivity index (χ0v) is 14.7. The van der Waals surface area contributed by atoms with Gasteiger partial charge < -0.3 is 15.1 Å². The number of anilines is 1. The molecule has 0 spiro atoms. The lowest BCUT2D eigenvalue weighted by molar-refractivity contribution is -0.118. The lowest BCUT2D eigenvalue weighted by Crippen LogP contribution is -2.50.